The van der Waals surface area contributed by atoms with Gasteiger partial charge in [-0.05, 0) is 54.1 Å². The highest BCUT2D eigenvalue weighted by Gasteiger charge is 2.35. The van der Waals surface area contributed by atoms with E-state index in [-0.39, 0.29) is 0 Å². The number of nitriles is 1. The molecule has 0 saturated carbocycles. The van der Waals surface area contributed by atoms with E-state index >= 15 is 0 Å². The first-order valence-electron chi connectivity index (χ1n) is 5.35. The first-order valence-corrected chi connectivity index (χ1v) is 6.42. The molecule has 0 fully saturated rings. The van der Waals surface area contributed by atoms with E-state index < -0.39 is 11.4 Å². The second-order valence-electron chi connectivity index (χ2n) is 3.97. The lowest BCUT2D eigenvalue weighted by molar-refractivity contribution is -0.151. The standard InChI is InChI=1S/C13H14INO2/c1-3-17-12(16)13(2,9-15)8-10-4-6-11(14)7-5-10/h4-7H,3,8H2,1-2H3. The minimum absolute atomic E-state index is 0.294. The molecule has 17 heavy (non-hydrogen) atoms. The summed E-state index contributed by atoms with van der Waals surface area (Å²) in [6.45, 7) is 3.65. The number of rotatable bonds is 4. The predicted octanol–water partition coefficient (Wildman–Crippen LogP) is 2.93. The second kappa shape index (κ2) is 6.01. The second-order valence-corrected chi connectivity index (χ2v) is 5.21. The number of halogens is 1. The fraction of sp³-hybridized carbons (Fsp3) is 0.385. The monoisotopic (exact) mass is 343 g/mol. The summed E-state index contributed by atoms with van der Waals surface area (Å²) in [6, 6.07) is 9.82. The Morgan fingerprint density at radius 3 is 2.53 bits per heavy atom. The summed E-state index contributed by atoms with van der Waals surface area (Å²) in [5.41, 5.74) is -0.148. The molecule has 1 atom stereocenters. The van der Waals surface area contributed by atoms with Gasteiger partial charge in [0.2, 0.25) is 0 Å². The maximum Gasteiger partial charge on any atom is 0.326 e. The molecule has 0 N–H and O–H groups in total. The SMILES string of the molecule is CCOC(=O)C(C)(C#N)Cc1ccc(I)cc1. The molecule has 4 heteroatoms. The molecule has 0 saturated heterocycles. The van der Waals surface area contributed by atoms with Crippen molar-refractivity contribution in [2.75, 3.05) is 6.61 Å². The van der Waals surface area contributed by atoms with E-state index in [1.165, 1.54) is 0 Å². The van der Waals surface area contributed by atoms with Crippen LogP contribution in [-0.2, 0) is 16.0 Å². The van der Waals surface area contributed by atoms with Crippen LogP contribution in [0, 0.1) is 20.3 Å². The summed E-state index contributed by atoms with van der Waals surface area (Å²) in [5, 5.41) is 9.15. The Labute approximate surface area is 115 Å². The molecule has 0 radical (unpaired) electrons. The van der Waals surface area contributed by atoms with Crippen molar-refractivity contribution < 1.29 is 9.53 Å². The van der Waals surface area contributed by atoms with Crippen LogP contribution in [-0.4, -0.2) is 12.6 Å². The van der Waals surface area contributed by atoms with E-state index in [4.69, 9.17) is 10.00 Å². The van der Waals surface area contributed by atoms with Crippen LogP contribution in [0.25, 0.3) is 0 Å². The predicted molar refractivity (Wildman–Crippen MR) is 73.2 cm³/mol. The minimum Gasteiger partial charge on any atom is -0.465 e. The molecule has 1 aromatic carbocycles. The van der Waals surface area contributed by atoms with Crippen molar-refractivity contribution in [3.63, 3.8) is 0 Å². The number of ether oxygens (including phenoxy) is 1. The molecule has 90 valence electrons. The van der Waals surface area contributed by atoms with Gasteiger partial charge in [0.25, 0.3) is 0 Å². The third-order valence-electron chi connectivity index (χ3n) is 2.44. The van der Waals surface area contributed by atoms with E-state index in [0.717, 1.165) is 9.13 Å². The van der Waals surface area contributed by atoms with E-state index in [1.807, 2.05) is 30.3 Å². The molecule has 1 rings (SSSR count). The molecule has 0 heterocycles. The van der Waals surface area contributed by atoms with E-state index in [9.17, 15) is 4.79 Å². The number of esters is 1. The molecule has 0 spiro atoms. The van der Waals surface area contributed by atoms with Crippen LogP contribution < -0.4 is 0 Å². The van der Waals surface area contributed by atoms with Crippen molar-refractivity contribution >= 4 is 28.6 Å². The van der Waals surface area contributed by atoms with Crippen LogP contribution in [0.15, 0.2) is 24.3 Å². The van der Waals surface area contributed by atoms with Crippen LogP contribution >= 0.6 is 22.6 Å². The van der Waals surface area contributed by atoms with Gasteiger partial charge in [0, 0.05) is 9.99 Å². The lowest BCUT2D eigenvalue weighted by Gasteiger charge is -2.19. The maximum atomic E-state index is 11.7. The summed E-state index contributed by atoms with van der Waals surface area (Å²) in [7, 11) is 0. The highest BCUT2D eigenvalue weighted by molar-refractivity contribution is 14.1. The van der Waals surface area contributed by atoms with E-state index in [2.05, 4.69) is 22.6 Å². The summed E-state index contributed by atoms with van der Waals surface area (Å²) in [5.74, 6) is -0.457. The third kappa shape index (κ3) is 3.70. The smallest absolute Gasteiger partial charge is 0.326 e. The number of carbonyl (C=O) groups is 1. The normalized spacial score (nSPS) is 13.5. The third-order valence-corrected chi connectivity index (χ3v) is 3.16. The lowest BCUT2D eigenvalue weighted by Crippen LogP contribution is -2.30. The zero-order chi connectivity index (χ0) is 12.9. The van der Waals surface area contributed by atoms with Gasteiger partial charge >= 0.3 is 5.97 Å². The first kappa shape index (κ1) is 14.0. The highest BCUT2D eigenvalue weighted by Crippen LogP contribution is 2.24. The first-order chi connectivity index (χ1) is 8.01. The zero-order valence-corrected chi connectivity index (χ0v) is 12.0. The Hall–Kier alpha value is -1.09. The van der Waals surface area contributed by atoms with Gasteiger partial charge in [0.1, 0.15) is 0 Å². The van der Waals surface area contributed by atoms with Crippen molar-refractivity contribution in [2.45, 2.75) is 20.3 Å². The van der Waals surface area contributed by atoms with Gasteiger partial charge in [0.05, 0.1) is 12.7 Å². The van der Waals surface area contributed by atoms with Crippen molar-refractivity contribution in [3.8, 4) is 6.07 Å². The summed E-state index contributed by atoms with van der Waals surface area (Å²) >= 11 is 2.21. The van der Waals surface area contributed by atoms with Gasteiger partial charge in [-0.25, -0.2) is 0 Å². The van der Waals surface area contributed by atoms with Crippen molar-refractivity contribution in [2.24, 2.45) is 5.41 Å². The molecular formula is C13H14INO2. The van der Waals surface area contributed by atoms with Crippen LogP contribution in [0.3, 0.4) is 0 Å². The Balaban J connectivity index is 2.86. The summed E-state index contributed by atoms with van der Waals surface area (Å²) < 4.78 is 6.06. The maximum absolute atomic E-state index is 11.7. The zero-order valence-electron chi connectivity index (χ0n) is 9.87. The van der Waals surface area contributed by atoms with Gasteiger partial charge in [-0.1, -0.05) is 12.1 Å². The van der Waals surface area contributed by atoms with Crippen LogP contribution in [0.5, 0.6) is 0 Å². The summed E-state index contributed by atoms with van der Waals surface area (Å²) in [4.78, 5) is 11.7. The number of benzene rings is 1. The number of carbonyl (C=O) groups excluding carboxylic acids is 1. The molecule has 0 aliphatic rings. The number of nitrogens with zero attached hydrogens (tertiary/aromatic N) is 1. The van der Waals surface area contributed by atoms with E-state index in [1.54, 1.807) is 13.8 Å². The molecule has 0 bridgehead atoms. The summed E-state index contributed by atoms with van der Waals surface area (Å²) in [6.07, 6.45) is 0.374. The number of hydrogen-bond donors (Lipinski definition) is 0. The topological polar surface area (TPSA) is 50.1 Å². The molecule has 0 aromatic heterocycles. The largest absolute Gasteiger partial charge is 0.465 e. The lowest BCUT2D eigenvalue weighted by atomic mass is 9.85. The van der Waals surface area contributed by atoms with Gasteiger partial charge in [-0.2, -0.15) is 5.26 Å². The van der Waals surface area contributed by atoms with Crippen molar-refractivity contribution in [1.82, 2.24) is 0 Å². The molecule has 0 amide bonds. The Kier molecular flexibility index (Phi) is 4.94. The van der Waals surface area contributed by atoms with Gasteiger partial charge < -0.3 is 4.74 Å². The Morgan fingerprint density at radius 2 is 2.06 bits per heavy atom. The van der Waals surface area contributed by atoms with Crippen LogP contribution in [0.2, 0.25) is 0 Å². The molecule has 3 nitrogen and oxygen atoms in total. The molecule has 0 aliphatic carbocycles. The van der Waals surface area contributed by atoms with E-state index in [0.29, 0.717) is 13.0 Å². The average molecular weight is 343 g/mol. The fourth-order valence-corrected chi connectivity index (χ4v) is 1.82. The highest BCUT2D eigenvalue weighted by atomic mass is 127. The number of hydrogen-bond acceptors (Lipinski definition) is 3. The Morgan fingerprint density at radius 1 is 1.47 bits per heavy atom. The minimum atomic E-state index is -1.11. The van der Waals surface area contributed by atoms with Crippen LogP contribution in [0.4, 0.5) is 0 Å². The molecule has 0 aliphatic heterocycles. The van der Waals surface area contributed by atoms with Gasteiger partial charge in [-0.3, -0.25) is 4.79 Å². The Bertz CT molecular complexity index is 436. The van der Waals surface area contributed by atoms with Crippen molar-refractivity contribution in [3.05, 3.63) is 33.4 Å². The molecular weight excluding hydrogens is 329 g/mol. The van der Waals surface area contributed by atoms with Gasteiger partial charge in [0.15, 0.2) is 5.41 Å². The molecule has 1 unspecified atom stereocenters. The quantitative estimate of drug-likeness (QED) is 0.624. The van der Waals surface area contributed by atoms with Crippen molar-refractivity contribution in [1.29, 1.82) is 5.26 Å². The average Bonchev–Trinajstić information content (AvgIpc) is 2.32. The van der Waals surface area contributed by atoms with Crippen LogP contribution in [0.1, 0.15) is 19.4 Å². The fourth-order valence-electron chi connectivity index (χ4n) is 1.46. The van der Waals surface area contributed by atoms with Gasteiger partial charge in [-0.15, -0.1) is 0 Å². The molecule has 1 aromatic rings.